The SMILES string of the molecule is CC[C@@H](NC(=O)NCCN(C)C(C)C)C(=O)O. The predicted molar refractivity (Wildman–Crippen MR) is 66.0 cm³/mol. The van der Waals surface area contributed by atoms with Gasteiger partial charge in [0.25, 0.3) is 0 Å². The van der Waals surface area contributed by atoms with Gasteiger partial charge in [0.05, 0.1) is 0 Å². The van der Waals surface area contributed by atoms with Gasteiger partial charge >= 0.3 is 12.0 Å². The number of likely N-dealkylation sites (N-methyl/N-ethyl adjacent to an activating group) is 1. The molecule has 17 heavy (non-hydrogen) atoms. The third-order valence-electron chi connectivity index (χ3n) is 2.64. The minimum Gasteiger partial charge on any atom is -0.480 e. The van der Waals surface area contributed by atoms with E-state index in [2.05, 4.69) is 29.4 Å². The number of carbonyl (C=O) groups is 2. The van der Waals surface area contributed by atoms with E-state index in [0.29, 0.717) is 19.0 Å². The summed E-state index contributed by atoms with van der Waals surface area (Å²) >= 11 is 0. The molecule has 0 radical (unpaired) electrons. The summed E-state index contributed by atoms with van der Waals surface area (Å²) < 4.78 is 0. The van der Waals surface area contributed by atoms with Crippen LogP contribution in [0.5, 0.6) is 0 Å². The first-order valence-corrected chi connectivity index (χ1v) is 5.85. The molecule has 6 heteroatoms. The molecule has 0 aromatic rings. The van der Waals surface area contributed by atoms with E-state index < -0.39 is 18.0 Å². The van der Waals surface area contributed by atoms with Crippen LogP contribution in [0.4, 0.5) is 4.79 Å². The number of urea groups is 1. The fraction of sp³-hybridized carbons (Fsp3) is 0.818. The normalized spacial score (nSPS) is 12.6. The summed E-state index contributed by atoms with van der Waals surface area (Å²) in [6.45, 7) is 7.08. The minimum atomic E-state index is -1.01. The third kappa shape index (κ3) is 6.78. The molecular formula is C11H23N3O3. The largest absolute Gasteiger partial charge is 0.480 e. The van der Waals surface area contributed by atoms with Crippen LogP contribution in [0.15, 0.2) is 0 Å². The Kier molecular flexibility index (Phi) is 7.29. The standard InChI is InChI=1S/C11H23N3O3/c1-5-9(10(15)16)13-11(17)12-6-7-14(4)8(2)3/h8-9H,5-7H2,1-4H3,(H,15,16)(H2,12,13,17)/t9-/m1/s1. The summed E-state index contributed by atoms with van der Waals surface area (Å²) in [6.07, 6.45) is 0.370. The zero-order chi connectivity index (χ0) is 13.4. The van der Waals surface area contributed by atoms with Crippen LogP contribution in [0.3, 0.4) is 0 Å². The Bertz CT molecular complexity index is 256. The molecule has 0 aliphatic carbocycles. The summed E-state index contributed by atoms with van der Waals surface area (Å²) in [4.78, 5) is 24.1. The van der Waals surface area contributed by atoms with Gasteiger partial charge in [0, 0.05) is 19.1 Å². The monoisotopic (exact) mass is 245 g/mol. The highest BCUT2D eigenvalue weighted by Gasteiger charge is 2.16. The predicted octanol–water partition coefficient (Wildman–Crippen LogP) is 0.489. The van der Waals surface area contributed by atoms with E-state index in [1.165, 1.54) is 0 Å². The van der Waals surface area contributed by atoms with Gasteiger partial charge in [0.1, 0.15) is 6.04 Å². The maximum atomic E-state index is 11.4. The molecule has 3 N–H and O–H groups in total. The van der Waals surface area contributed by atoms with E-state index in [-0.39, 0.29) is 0 Å². The van der Waals surface area contributed by atoms with Crippen LogP contribution in [0.25, 0.3) is 0 Å². The number of nitrogens with one attached hydrogen (secondary N) is 2. The molecule has 0 bridgehead atoms. The summed E-state index contributed by atoms with van der Waals surface area (Å²) in [6, 6.07) is -0.837. The zero-order valence-corrected chi connectivity index (χ0v) is 11.0. The molecule has 1 atom stereocenters. The second-order valence-corrected chi connectivity index (χ2v) is 4.27. The Morgan fingerprint density at radius 3 is 2.35 bits per heavy atom. The highest BCUT2D eigenvalue weighted by Crippen LogP contribution is 1.92. The van der Waals surface area contributed by atoms with Crippen LogP contribution in [0.1, 0.15) is 27.2 Å². The number of carbonyl (C=O) groups excluding carboxylic acids is 1. The Balaban J connectivity index is 3.83. The first-order chi connectivity index (χ1) is 7.88. The van der Waals surface area contributed by atoms with Gasteiger partial charge in [-0.05, 0) is 27.3 Å². The molecule has 0 heterocycles. The van der Waals surface area contributed by atoms with Gasteiger partial charge in [0.15, 0.2) is 0 Å². The molecule has 0 spiro atoms. The summed E-state index contributed by atoms with van der Waals surface area (Å²) in [5.74, 6) is -1.01. The van der Waals surface area contributed by atoms with E-state index in [1.807, 2.05) is 7.05 Å². The van der Waals surface area contributed by atoms with Crippen molar-refractivity contribution in [1.29, 1.82) is 0 Å². The maximum Gasteiger partial charge on any atom is 0.326 e. The Morgan fingerprint density at radius 2 is 1.94 bits per heavy atom. The number of hydrogen-bond acceptors (Lipinski definition) is 3. The lowest BCUT2D eigenvalue weighted by atomic mass is 10.2. The number of rotatable bonds is 7. The lowest BCUT2D eigenvalue weighted by molar-refractivity contribution is -0.139. The molecule has 0 fully saturated rings. The van der Waals surface area contributed by atoms with E-state index in [0.717, 1.165) is 6.54 Å². The molecule has 0 unspecified atom stereocenters. The van der Waals surface area contributed by atoms with E-state index in [4.69, 9.17) is 5.11 Å². The fourth-order valence-electron chi connectivity index (χ4n) is 1.15. The zero-order valence-electron chi connectivity index (χ0n) is 11.0. The first kappa shape index (κ1) is 15.7. The first-order valence-electron chi connectivity index (χ1n) is 5.85. The van der Waals surface area contributed by atoms with Gasteiger partial charge in [-0.15, -0.1) is 0 Å². The van der Waals surface area contributed by atoms with Crippen molar-refractivity contribution >= 4 is 12.0 Å². The minimum absolute atomic E-state index is 0.370. The molecule has 0 aliphatic heterocycles. The number of aliphatic carboxylic acids is 1. The quantitative estimate of drug-likeness (QED) is 0.609. The summed E-state index contributed by atoms with van der Waals surface area (Å²) in [7, 11) is 1.97. The second-order valence-electron chi connectivity index (χ2n) is 4.27. The van der Waals surface area contributed by atoms with Crippen molar-refractivity contribution < 1.29 is 14.7 Å². The number of hydrogen-bond donors (Lipinski definition) is 3. The number of amides is 2. The topological polar surface area (TPSA) is 81.7 Å². The van der Waals surface area contributed by atoms with Crippen LogP contribution < -0.4 is 10.6 Å². The van der Waals surface area contributed by atoms with Crippen LogP contribution in [0.2, 0.25) is 0 Å². The second kappa shape index (κ2) is 7.89. The highest BCUT2D eigenvalue weighted by molar-refractivity contribution is 5.82. The number of nitrogens with zero attached hydrogens (tertiary/aromatic N) is 1. The van der Waals surface area contributed by atoms with Crippen molar-refractivity contribution in [3.05, 3.63) is 0 Å². The Morgan fingerprint density at radius 1 is 1.35 bits per heavy atom. The molecule has 0 saturated heterocycles. The fourth-order valence-corrected chi connectivity index (χ4v) is 1.15. The van der Waals surface area contributed by atoms with Crippen molar-refractivity contribution in [2.45, 2.75) is 39.3 Å². The molecule has 0 aromatic heterocycles. The van der Waals surface area contributed by atoms with Crippen molar-refractivity contribution in [1.82, 2.24) is 15.5 Å². The summed E-state index contributed by atoms with van der Waals surface area (Å²) in [5, 5.41) is 13.8. The van der Waals surface area contributed by atoms with Crippen LogP contribution in [-0.4, -0.2) is 54.2 Å². The van der Waals surface area contributed by atoms with Gasteiger partial charge in [-0.1, -0.05) is 6.92 Å². The smallest absolute Gasteiger partial charge is 0.326 e. The van der Waals surface area contributed by atoms with Gasteiger partial charge in [-0.3, -0.25) is 0 Å². The lowest BCUT2D eigenvalue weighted by Crippen LogP contribution is -2.47. The van der Waals surface area contributed by atoms with Crippen molar-refractivity contribution in [3.63, 3.8) is 0 Å². The molecule has 2 amide bonds. The van der Waals surface area contributed by atoms with Crippen LogP contribution >= 0.6 is 0 Å². The van der Waals surface area contributed by atoms with Crippen LogP contribution in [-0.2, 0) is 4.79 Å². The Labute approximate surface area is 102 Å². The molecule has 0 rings (SSSR count). The van der Waals surface area contributed by atoms with Crippen LogP contribution in [0, 0.1) is 0 Å². The van der Waals surface area contributed by atoms with Crippen molar-refractivity contribution in [2.24, 2.45) is 0 Å². The molecule has 0 saturated carbocycles. The average Bonchev–Trinajstić information content (AvgIpc) is 2.25. The van der Waals surface area contributed by atoms with Crippen molar-refractivity contribution in [3.8, 4) is 0 Å². The molecular weight excluding hydrogens is 222 g/mol. The summed E-state index contributed by atoms with van der Waals surface area (Å²) in [5.41, 5.74) is 0. The molecule has 100 valence electrons. The van der Waals surface area contributed by atoms with Gasteiger partial charge in [0.2, 0.25) is 0 Å². The number of carboxylic acid groups (broad SMARTS) is 1. The molecule has 0 aliphatic rings. The van der Waals surface area contributed by atoms with E-state index in [1.54, 1.807) is 6.92 Å². The average molecular weight is 245 g/mol. The van der Waals surface area contributed by atoms with Gasteiger partial charge < -0.3 is 20.6 Å². The molecule has 0 aromatic carbocycles. The Hall–Kier alpha value is -1.30. The van der Waals surface area contributed by atoms with E-state index in [9.17, 15) is 9.59 Å². The lowest BCUT2D eigenvalue weighted by Gasteiger charge is -2.21. The van der Waals surface area contributed by atoms with Gasteiger partial charge in [-0.2, -0.15) is 0 Å². The third-order valence-corrected chi connectivity index (χ3v) is 2.64. The van der Waals surface area contributed by atoms with Gasteiger partial charge in [-0.25, -0.2) is 9.59 Å². The van der Waals surface area contributed by atoms with Crippen molar-refractivity contribution in [2.75, 3.05) is 20.1 Å². The highest BCUT2D eigenvalue weighted by atomic mass is 16.4. The maximum absolute atomic E-state index is 11.4. The number of carboxylic acids is 1. The van der Waals surface area contributed by atoms with E-state index >= 15 is 0 Å². The molecule has 6 nitrogen and oxygen atoms in total.